The van der Waals surface area contributed by atoms with Gasteiger partial charge in [0.25, 0.3) is 5.91 Å². The Kier molecular flexibility index (Phi) is 2.10. The molecule has 0 radical (unpaired) electrons. The monoisotopic (exact) mass is 202 g/mol. The van der Waals surface area contributed by atoms with Crippen molar-refractivity contribution in [1.82, 2.24) is 5.12 Å². The number of hydrogen-bond donors (Lipinski definition) is 1. The van der Waals surface area contributed by atoms with E-state index in [0.29, 0.717) is 0 Å². The predicted octanol–water partition coefficient (Wildman–Crippen LogP) is 1.46. The number of carbonyl (C=O) groups excluding carboxylic acids is 2. The van der Waals surface area contributed by atoms with Crippen LogP contribution in [0.4, 0.5) is 9.28 Å². The summed E-state index contributed by atoms with van der Waals surface area (Å²) in [5.41, 5.74) is 4.10. The van der Waals surface area contributed by atoms with Gasteiger partial charge >= 0.3 is 6.03 Å². The minimum absolute atomic E-state index is 0.288. The first kappa shape index (κ1) is 10.9. The highest BCUT2D eigenvalue weighted by Crippen LogP contribution is 2.68. The third-order valence-electron chi connectivity index (χ3n) is 3.65. The Morgan fingerprint density at radius 3 is 1.79 bits per heavy atom. The Bertz CT molecular complexity index is 285. The molecule has 1 rings (SSSR count). The smallest absolute Gasteiger partial charge is 0.349 e. The van der Waals surface area contributed by atoms with E-state index < -0.39 is 23.0 Å². The molecule has 1 saturated carbocycles. The molecule has 0 aliphatic heterocycles. The lowest BCUT2D eigenvalue weighted by atomic mass is 10.0. The second kappa shape index (κ2) is 2.68. The Hall–Kier alpha value is -1.13. The van der Waals surface area contributed by atoms with E-state index in [1.165, 1.54) is 0 Å². The number of carbonyl (C=O) groups is 2. The summed E-state index contributed by atoms with van der Waals surface area (Å²) in [6.45, 7) is 7.46. The van der Waals surface area contributed by atoms with Gasteiger partial charge in [-0.15, -0.1) is 0 Å². The van der Waals surface area contributed by atoms with Gasteiger partial charge in [0.2, 0.25) is 0 Å². The van der Waals surface area contributed by atoms with Gasteiger partial charge in [0, 0.05) is 0 Å². The van der Waals surface area contributed by atoms with Crippen molar-refractivity contribution in [2.24, 2.45) is 22.5 Å². The predicted molar refractivity (Wildman–Crippen MR) is 48.6 cm³/mol. The number of nitrogens with zero attached hydrogens (tertiary/aromatic N) is 1. The highest BCUT2D eigenvalue weighted by molar-refractivity contribution is 5.95. The van der Waals surface area contributed by atoms with E-state index in [-0.39, 0.29) is 10.8 Å². The van der Waals surface area contributed by atoms with E-state index in [1.54, 1.807) is 0 Å². The van der Waals surface area contributed by atoms with Crippen molar-refractivity contribution in [1.29, 1.82) is 0 Å². The fourth-order valence-electron chi connectivity index (χ4n) is 2.04. The quantitative estimate of drug-likeness (QED) is 0.654. The minimum atomic E-state index is -1.35. The van der Waals surface area contributed by atoms with E-state index >= 15 is 0 Å². The summed E-state index contributed by atoms with van der Waals surface area (Å²) in [7, 11) is 0. The normalized spacial score (nSPS) is 22.9. The zero-order chi connectivity index (χ0) is 11.3. The Morgan fingerprint density at radius 2 is 1.57 bits per heavy atom. The molecule has 1 aliphatic rings. The lowest BCUT2D eigenvalue weighted by Gasteiger charge is -2.07. The number of urea groups is 1. The standard InChI is InChI=1S/C9H15FN2O2/c1-8(2)5(9(8,3)4)6(13)12(10)7(11)14/h5H,1-4H3,(H2,11,14). The number of rotatable bonds is 1. The highest BCUT2D eigenvalue weighted by Gasteiger charge is 2.69. The summed E-state index contributed by atoms with van der Waals surface area (Å²) in [6.07, 6.45) is 0. The molecule has 0 heterocycles. The maximum Gasteiger partial charge on any atom is 0.350 e. The second-order valence-corrected chi connectivity index (χ2v) is 4.83. The second-order valence-electron chi connectivity index (χ2n) is 4.83. The van der Waals surface area contributed by atoms with Crippen LogP contribution in [0.2, 0.25) is 0 Å². The fraction of sp³-hybridized carbons (Fsp3) is 0.778. The molecule has 0 unspecified atom stereocenters. The molecule has 3 amide bonds. The Balaban J connectivity index is 2.81. The summed E-state index contributed by atoms with van der Waals surface area (Å²) in [5, 5.41) is -0.499. The van der Waals surface area contributed by atoms with Crippen LogP contribution in [0.15, 0.2) is 0 Å². The van der Waals surface area contributed by atoms with E-state index in [9.17, 15) is 14.1 Å². The van der Waals surface area contributed by atoms with Gasteiger partial charge in [-0.05, 0) is 10.8 Å². The van der Waals surface area contributed by atoms with Crippen molar-refractivity contribution in [2.75, 3.05) is 0 Å². The first-order chi connectivity index (χ1) is 6.14. The molecule has 1 aliphatic carbocycles. The fourth-order valence-corrected chi connectivity index (χ4v) is 2.04. The van der Waals surface area contributed by atoms with Gasteiger partial charge in [0.05, 0.1) is 5.92 Å². The van der Waals surface area contributed by atoms with Crippen LogP contribution >= 0.6 is 0 Å². The molecule has 0 aromatic carbocycles. The SMILES string of the molecule is CC1(C)C(C(=O)N(F)C(N)=O)C1(C)C. The van der Waals surface area contributed by atoms with Crippen molar-refractivity contribution in [3.05, 3.63) is 0 Å². The van der Waals surface area contributed by atoms with Crippen LogP contribution in [-0.4, -0.2) is 17.1 Å². The molecule has 0 spiro atoms. The zero-order valence-corrected chi connectivity index (χ0v) is 8.80. The maximum absolute atomic E-state index is 12.9. The van der Waals surface area contributed by atoms with Crippen molar-refractivity contribution in [3.63, 3.8) is 0 Å². The van der Waals surface area contributed by atoms with Gasteiger partial charge in [0.1, 0.15) is 0 Å². The highest BCUT2D eigenvalue weighted by atomic mass is 19.2. The summed E-state index contributed by atoms with van der Waals surface area (Å²) in [4.78, 5) is 21.9. The number of amides is 3. The third-order valence-corrected chi connectivity index (χ3v) is 3.65. The molecule has 0 aromatic heterocycles. The van der Waals surface area contributed by atoms with E-state index in [1.807, 2.05) is 27.7 Å². The molecule has 80 valence electrons. The number of imide groups is 1. The molecule has 5 heteroatoms. The van der Waals surface area contributed by atoms with Crippen LogP contribution in [0.1, 0.15) is 27.7 Å². The van der Waals surface area contributed by atoms with Crippen LogP contribution in [0, 0.1) is 16.7 Å². The molecular weight excluding hydrogens is 187 g/mol. The van der Waals surface area contributed by atoms with E-state index in [2.05, 4.69) is 5.73 Å². The minimum Gasteiger partial charge on any atom is -0.349 e. The molecule has 0 atom stereocenters. The van der Waals surface area contributed by atoms with Crippen LogP contribution in [0.5, 0.6) is 0 Å². The van der Waals surface area contributed by atoms with Gasteiger partial charge in [-0.25, -0.2) is 4.79 Å². The first-order valence-corrected chi connectivity index (χ1v) is 4.43. The summed E-state index contributed by atoms with van der Waals surface area (Å²) < 4.78 is 12.9. The lowest BCUT2D eigenvalue weighted by molar-refractivity contribution is -0.142. The van der Waals surface area contributed by atoms with Crippen LogP contribution in [0.25, 0.3) is 0 Å². The van der Waals surface area contributed by atoms with E-state index in [0.717, 1.165) is 0 Å². The Morgan fingerprint density at radius 1 is 1.21 bits per heavy atom. The van der Waals surface area contributed by atoms with Gasteiger partial charge in [-0.1, -0.05) is 37.3 Å². The summed E-state index contributed by atoms with van der Waals surface area (Å²) in [5.74, 6) is -1.32. The zero-order valence-electron chi connectivity index (χ0n) is 8.80. The first-order valence-electron chi connectivity index (χ1n) is 4.43. The third kappa shape index (κ3) is 1.19. The van der Waals surface area contributed by atoms with Crippen molar-refractivity contribution >= 4 is 11.9 Å². The lowest BCUT2D eigenvalue weighted by Crippen LogP contribution is -2.36. The molecule has 2 N–H and O–H groups in total. The van der Waals surface area contributed by atoms with Gasteiger partial charge < -0.3 is 5.73 Å². The molecule has 1 fully saturated rings. The molecule has 4 nitrogen and oxygen atoms in total. The maximum atomic E-state index is 12.9. The van der Waals surface area contributed by atoms with Crippen molar-refractivity contribution < 1.29 is 14.1 Å². The Labute approximate surface area is 82.2 Å². The number of hydrogen-bond acceptors (Lipinski definition) is 2. The van der Waals surface area contributed by atoms with E-state index in [4.69, 9.17) is 0 Å². The van der Waals surface area contributed by atoms with Gasteiger partial charge in [0.15, 0.2) is 0 Å². The van der Waals surface area contributed by atoms with Gasteiger partial charge in [-0.3, -0.25) is 4.79 Å². The summed E-state index contributed by atoms with van der Waals surface area (Å²) >= 11 is 0. The average molecular weight is 202 g/mol. The average Bonchev–Trinajstić information content (AvgIpc) is 2.40. The largest absolute Gasteiger partial charge is 0.350 e. The van der Waals surface area contributed by atoms with Crippen molar-refractivity contribution in [3.8, 4) is 0 Å². The van der Waals surface area contributed by atoms with Crippen LogP contribution < -0.4 is 5.73 Å². The molecular formula is C9H15FN2O2. The number of primary amides is 1. The number of nitrogens with two attached hydrogens (primary N) is 1. The van der Waals surface area contributed by atoms with Crippen molar-refractivity contribution in [2.45, 2.75) is 27.7 Å². The van der Waals surface area contributed by atoms with Gasteiger partial charge in [-0.2, -0.15) is 0 Å². The molecule has 0 bridgehead atoms. The molecule has 14 heavy (non-hydrogen) atoms. The summed E-state index contributed by atoms with van der Waals surface area (Å²) in [6, 6.07) is -1.35. The molecule has 0 aromatic rings. The van der Waals surface area contributed by atoms with Crippen LogP contribution in [0.3, 0.4) is 0 Å². The topological polar surface area (TPSA) is 63.4 Å². The molecule has 0 saturated heterocycles. The number of halogens is 1. The van der Waals surface area contributed by atoms with Crippen LogP contribution in [-0.2, 0) is 4.79 Å².